The van der Waals surface area contributed by atoms with E-state index in [4.69, 9.17) is 0 Å². The topological polar surface area (TPSA) is 122 Å². The van der Waals surface area contributed by atoms with Crippen LogP contribution in [0.1, 0.15) is 52.6 Å². The van der Waals surface area contributed by atoms with Crippen molar-refractivity contribution in [1.82, 2.24) is 20.2 Å². The lowest BCUT2D eigenvalue weighted by Crippen LogP contribution is -2.37. The van der Waals surface area contributed by atoms with E-state index >= 15 is 0 Å². The third-order valence-electron chi connectivity index (χ3n) is 6.85. The zero-order valence-electron chi connectivity index (χ0n) is 24.5. The van der Waals surface area contributed by atoms with Crippen LogP contribution in [-0.4, -0.2) is 46.8 Å². The number of rotatable bonds is 11. The van der Waals surface area contributed by atoms with Gasteiger partial charge in [0.1, 0.15) is 11.5 Å². The van der Waals surface area contributed by atoms with Crippen molar-refractivity contribution in [3.8, 4) is 11.3 Å². The smallest absolute Gasteiger partial charge is 0.275 e. The predicted octanol–water partition coefficient (Wildman–Crippen LogP) is 4.26. The van der Waals surface area contributed by atoms with Crippen LogP contribution in [0.2, 0.25) is 0 Å². The molecule has 2 amide bonds. The number of pyridine rings is 2. The second-order valence-electron chi connectivity index (χ2n) is 10.6. The molecule has 2 aromatic carbocycles. The molecule has 0 aliphatic heterocycles. The number of anilines is 1. The first-order valence-corrected chi connectivity index (χ1v) is 13.9. The molecular formula is C33H34FN5O4. The number of likely N-dealkylation sites (N-methyl/N-ethyl adjacent to an activating group) is 1. The Morgan fingerprint density at radius 2 is 1.65 bits per heavy atom. The molecule has 0 saturated heterocycles. The van der Waals surface area contributed by atoms with Crippen molar-refractivity contribution in [3.63, 3.8) is 0 Å². The molecule has 4 rings (SSSR count). The van der Waals surface area contributed by atoms with E-state index in [0.717, 1.165) is 0 Å². The summed E-state index contributed by atoms with van der Waals surface area (Å²) >= 11 is 0. The lowest BCUT2D eigenvalue weighted by molar-refractivity contribution is -0.117. The summed E-state index contributed by atoms with van der Waals surface area (Å²) in [6, 6.07) is 16.5. The van der Waals surface area contributed by atoms with Crippen LogP contribution in [0.5, 0.6) is 0 Å². The Morgan fingerprint density at radius 3 is 2.35 bits per heavy atom. The molecule has 10 heteroatoms. The quantitative estimate of drug-likeness (QED) is 0.227. The average molecular weight is 584 g/mol. The fraction of sp³-hybridized carbons (Fsp3) is 0.242. The number of carbonyl (C=O) groups is 3. The Morgan fingerprint density at radius 1 is 0.907 bits per heavy atom. The van der Waals surface area contributed by atoms with E-state index in [1.165, 1.54) is 41.1 Å². The van der Waals surface area contributed by atoms with Gasteiger partial charge < -0.3 is 20.5 Å². The lowest BCUT2D eigenvalue weighted by atomic mass is 10.0. The maximum Gasteiger partial charge on any atom is 0.275 e. The van der Waals surface area contributed by atoms with Crippen LogP contribution in [0.4, 0.5) is 10.1 Å². The van der Waals surface area contributed by atoms with Crippen LogP contribution in [-0.2, 0) is 11.3 Å². The Balaban J connectivity index is 1.75. The summed E-state index contributed by atoms with van der Waals surface area (Å²) in [6.45, 7) is 6.22. The molecule has 4 aromatic rings. The van der Waals surface area contributed by atoms with E-state index in [-0.39, 0.29) is 41.3 Å². The fourth-order valence-corrected chi connectivity index (χ4v) is 4.32. The number of amides is 2. The number of nitrogens with zero attached hydrogens (tertiary/aromatic N) is 2. The summed E-state index contributed by atoms with van der Waals surface area (Å²) in [5.41, 5.74) is 2.28. The van der Waals surface area contributed by atoms with Crippen LogP contribution in [0.15, 0.2) is 83.9 Å². The van der Waals surface area contributed by atoms with Gasteiger partial charge in [-0.15, -0.1) is 0 Å². The van der Waals surface area contributed by atoms with E-state index in [9.17, 15) is 23.6 Å². The minimum Gasteiger partial charge on any atom is -0.352 e. The van der Waals surface area contributed by atoms with Gasteiger partial charge in [-0.2, -0.15) is 0 Å². The van der Waals surface area contributed by atoms with Gasteiger partial charge in [0.2, 0.25) is 5.91 Å². The maximum atomic E-state index is 13.8. The highest BCUT2D eigenvalue weighted by molar-refractivity contribution is 6.08. The average Bonchev–Trinajstić information content (AvgIpc) is 3.01. The minimum absolute atomic E-state index is 0.0147. The zero-order chi connectivity index (χ0) is 31.1. The second kappa shape index (κ2) is 13.8. The summed E-state index contributed by atoms with van der Waals surface area (Å²) in [5, 5.41) is 8.42. The van der Waals surface area contributed by atoms with Crippen molar-refractivity contribution < 1.29 is 18.8 Å². The standard InChI is InChI=1S/C33H34FN5O4/c1-20(2)16-37-32(42)25-7-5-6-24(15-25)29-13-12-28(38-31(41)21(3)35-4)33(43)39(29)19-22-14-26(18-36-17-22)30(40)23-8-10-27(34)11-9-23/h5-15,17-18,20-21,35H,16,19H2,1-4H3,(H,37,42)(H,38,41)/t21-/m0/s1. The molecule has 0 fully saturated rings. The van der Waals surface area contributed by atoms with Gasteiger partial charge in [-0.1, -0.05) is 26.0 Å². The third kappa shape index (κ3) is 7.66. The number of nitrogens with one attached hydrogen (secondary N) is 3. The van der Waals surface area contributed by atoms with Gasteiger partial charge in [0.25, 0.3) is 11.5 Å². The minimum atomic E-state index is -0.535. The molecule has 0 unspecified atom stereocenters. The van der Waals surface area contributed by atoms with Crippen molar-refractivity contribution in [1.29, 1.82) is 0 Å². The summed E-state index contributed by atoms with van der Waals surface area (Å²) in [5.74, 6) is -1.12. The number of hydrogen-bond donors (Lipinski definition) is 3. The number of carbonyl (C=O) groups excluding carboxylic acids is 3. The molecule has 0 aliphatic carbocycles. The predicted molar refractivity (Wildman–Crippen MR) is 164 cm³/mol. The van der Waals surface area contributed by atoms with E-state index in [2.05, 4.69) is 20.9 Å². The van der Waals surface area contributed by atoms with Crippen molar-refractivity contribution in [2.24, 2.45) is 5.92 Å². The van der Waals surface area contributed by atoms with Crippen molar-refractivity contribution >= 4 is 23.3 Å². The van der Waals surface area contributed by atoms with Gasteiger partial charge >= 0.3 is 0 Å². The number of halogens is 1. The lowest BCUT2D eigenvalue weighted by Gasteiger charge is -2.17. The van der Waals surface area contributed by atoms with Gasteiger partial charge in [0.05, 0.1) is 18.3 Å². The molecule has 3 N–H and O–H groups in total. The van der Waals surface area contributed by atoms with Gasteiger partial charge in [0, 0.05) is 35.6 Å². The molecule has 0 spiro atoms. The summed E-state index contributed by atoms with van der Waals surface area (Å²) in [7, 11) is 1.64. The Kier molecular flexibility index (Phi) is 9.95. The van der Waals surface area contributed by atoms with Gasteiger partial charge in [-0.3, -0.25) is 24.2 Å². The molecule has 2 aromatic heterocycles. The summed E-state index contributed by atoms with van der Waals surface area (Å²) < 4.78 is 14.8. The number of hydrogen-bond acceptors (Lipinski definition) is 6. The summed E-state index contributed by atoms with van der Waals surface area (Å²) in [6.07, 6.45) is 2.95. The number of aromatic nitrogens is 2. The van der Waals surface area contributed by atoms with Gasteiger partial charge in [0.15, 0.2) is 5.78 Å². The largest absolute Gasteiger partial charge is 0.352 e. The van der Waals surface area contributed by atoms with E-state index in [0.29, 0.717) is 34.5 Å². The summed E-state index contributed by atoms with van der Waals surface area (Å²) in [4.78, 5) is 56.5. The Bertz CT molecular complexity index is 1700. The highest BCUT2D eigenvalue weighted by Crippen LogP contribution is 2.23. The van der Waals surface area contributed by atoms with E-state index < -0.39 is 17.4 Å². The Labute approximate surface area is 249 Å². The molecule has 0 bridgehead atoms. The van der Waals surface area contributed by atoms with Crippen LogP contribution >= 0.6 is 0 Å². The molecular weight excluding hydrogens is 549 g/mol. The fourth-order valence-electron chi connectivity index (χ4n) is 4.32. The number of benzene rings is 2. The highest BCUT2D eigenvalue weighted by Gasteiger charge is 2.18. The highest BCUT2D eigenvalue weighted by atomic mass is 19.1. The van der Waals surface area contributed by atoms with Crippen LogP contribution in [0.3, 0.4) is 0 Å². The molecule has 1 atom stereocenters. The van der Waals surface area contributed by atoms with Crippen LogP contribution in [0, 0.1) is 11.7 Å². The molecule has 9 nitrogen and oxygen atoms in total. The van der Waals surface area contributed by atoms with Crippen molar-refractivity contribution in [3.05, 3.63) is 118 Å². The molecule has 222 valence electrons. The molecule has 43 heavy (non-hydrogen) atoms. The van der Waals surface area contributed by atoms with Gasteiger partial charge in [-0.25, -0.2) is 4.39 Å². The Hall–Kier alpha value is -4.96. The number of ketones is 1. The van der Waals surface area contributed by atoms with Crippen molar-refractivity contribution in [2.45, 2.75) is 33.4 Å². The monoisotopic (exact) mass is 583 g/mol. The van der Waals surface area contributed by atoms with Crippen LogP contribution in [0.25, 0.3) is 11.3 Å². The molecule has 2 heterocycles. The molecule has 0 aliphatic rings. The van der Waals surface area contributed by atoms with Gasteiger partial charge in [-0.05, 0) is 85.6 Å². The first-order valence-electron chi connectivity index (χ1n) is 13.9. The molecule has 0 saturated carbocycles. The third-order valence-corrected chi connectivity index (χ3v) is 6.85. The van der Waals surface area contributed by atoms with Crippen molar-refractivity contribution in [2.75, 3.05) is 18.9 Å². The maximum absolute atomic E-state index is 13.8. The van der Waals surface area contributed by atoms with E-state index in [1.807, 2.05) is 13.8 Å². The second-order valence-corrected chi connectivity index (χ2v) is 10.6. The first-order chi connectivity index (χ1) is 20.6. The zero-order valence-corrected chi connectivity index (χ0v) is 24.5. The first kappa shape index (κ1) is 31.0. The normalized spacial score (nSPS) is 11.7. The van der Waals surface area contributed by atoms with Crippen LogP contribution < -0.4 is 21.5 Å². The van der Waals surface area contributed by atoms with E-state index in [1.54, 1.807) is 56.6 Å². The SMILES string of the molecule is CN[C@@H](C)C(=O)Nc1ccc(-c2cccc(C(=O)NCC(C)C)c2)n(Cc2cncc(C(=O)c3ccc(F)cc3)c2)c1=O. The molecule has 0 radical (unpaired) electrons.